The molecule has 0 N–H and O–H groups in total. The van der Waals surface area contributed by atoms with E-state index in [9.17, 15) is 4.79 Å². The third-order valence-electron chi connectivity index (χ3n) is 5.33. The van der Waals surface area contributed by atoms with Gasteiger partial charge in [0.15, 0.2) is 0 Å². The van der Waals surface area contributed by atoms with Gasteiger partial charge in [-0.25, -0.2) is 0 Å². The van der Waals surface area contributed by atoms with Crippen LogP contribution in [0.3, 0.4) is 0 Å². The number of likely N-dealkylation sites (tertiary alicyclic amines) is 1. The Morgan fingerprint density at radius 3 is 2.71 bits per heavy atom. The van der Waals surface area contributed by atoms with Crippen LogP contribution in [0.25, 0.3) is 0 Å². The third-order valence-corrected chi connectivity index (χ3v) is 6.66. The van der Waals surface area contributed by atoms with Crippen LogP contribution in [-0.4, -0.2) is 29.6 Å². The number of thioether (sulfide) groups is 1. The lowest BCUT2D eigenvalue weighted by Crippen LogP contribution is -2.45. The summed E-state index contributed by atoms with van der Waals surface area (Å²) in [5, 5.41) is 0. The molecule has 0 bridgehead atoms. The molecule has 118 valence electrons. The van der Waals surface area contributed by atoms with Crippen molar-refractivity contribution in [1.82, 2.24) is 4.90 Å². The number of allylic oxidation sites excluding steroid dienone is 1. The standard InChI is InChI=1S/C18H29NOS/c1-18(2)9-6-10-19(13-18)17(20)15-11-16(21-12-15)14-7-4-3-5-8-14/h11,14-15H,3-10,12-13H2,1-2H3. The van der Waals surface area contributed by atoms with E-state index in [4.69, 9.17) is 0 Å². The number of hydrogen-bond donors (Lipinski definition) is 0. The summed E-state index contributed by atoms with van der Waals surface area (Å²) in [6.45, 7) is 6.49. The van der Waals surface area contributed by atoms with Gasteiger partial charge in [0.05, 0.1) is 5.92 Å². The average molecular weight is 308 g/mol. The molecule has 0 aromatic carbocycles. The minimum Gasteiger partial charge on any atom is -0.342 e. The van der Waals surface area contributed by atoms with Crippen molar-refractivity contribution in [2.45, 2.75) is 58.8 Å². The van der Waals surface area contributed by atoms with Gasteiger partial charge in [-0.1, -0.05) is 39.2 Å². The quantitative estimate of drug-likeness (QED) is 0.750. The van der Waals surface area contributed by atoms with Crippen LogP contribution in [-0.2, 0) is 4.79 Å². The summed E-state index contributed by atoms with van der Waals surface area (Å²) in [4.78, 5) is 16.5. The summed E-state index contributed by atoms with van der Waals surface area (Å²) in [5.74, 6) is 2.29. The van der Waals surface area contributed by atoms with E-state index < -0.39 is 0 Å². The van der Waals surface area contributed by atoms with Crippen LogP contribution in [0, 0.1) is 17.3 Å². The zero-order chi connectivity index (χ0) is 14.9. The molecule has 3 heteroatoms. The second-order valence-electron chi connectivity index (χ2n) is 7.85. The van der Waals surface area contributed by atoms with E-state index in [1.807, 2.05) is 11.8 Å². The van der Waals surface area contributed by atoms with Crippen molar-refractivity contribution in [3.63, 3.8) is 0 Å². The number of rotatable bonds is 2. The van der Waals surface area contributed by atoms with Crippen LogP contribution in [0.1, 0.15) is 58.8 Å². The van der Waals surface area contributed by atoms with E-state index in [1.165, 1.54) is 43.4 Å². The minimum atomic E-state index is 0.154. The predicted octanol–water partition coefficient (Wildman–Crippen LogP) is 4.46. The summed E-state index contributed by atoms with van der Waals surface area (Å²) in [7, 11) is 0. The minimum absolute atomic E-state index is 0.154. The molecule has 1 amide bonds. The first-order valence-corrected chi connectivity index (χ1v) is 9.67. The van der Waals surface area contributed by atoms with Gasteiger partial charge in [0.25, 0.3) is 0 Å². The van der Waals surface area contributed by atoms with Crippen LogP contribution in [0.2, 0.25) is 0 Å². The summed E-state index contributed by atoms with van der Waals surface area (Å²) in [6, 6.07) is 0. The Morgan fingerprint density at radius 1 is 1.24 bits per heavy atom. The maximum absolute atomic E-state index is 12.8. The van der Waals surface area contributed by atoms with Gasteiger partial charge in [-0.05, 0) is 41.9 Å². The highest BCUT2D eigenvalue weighted by Gasteiger charge is 2.34. The Bertz CT molecular complexity index is 423. The van der Waals surface area contributed by atoms with Gasteiger partial charge in [0.2, 0.25) is 5.91 Å². The molecule has 2 heterocycles. The summed E-state index contributed by atoms with van der Waals surface area (Å²) < 4.78 is 0. The number of nitrogens with zero attached hydrogens (tertiary/aromatic N) is 1. The number of hydrogen-bond acceptors (Lipinski definition) is 2. The molecular formula is C18H29NOS. The maximum atomic E-state index is 12.8. The first-order chi connectivity index (χ1) is 10.1. The molecule has 0 aromatic rings. The van der Waals surface area contributed by atoms with E-state index in [-0.39, 0.29) is 5.92 Å². The van der Waals surface area contributed by atoms with Crippen LogP contribution >= 0.6 is 11.8 Å². The van der Waals surface area contributed by atoms with Crippen molar-refractivity contribution in [3.05, 3.63) is 11.0 Å². The average Bonchev–Trinajstić information content (AvgIpc) is 2.96. The number of carbonyl (C=O) groups is 1. The number of carbonyl (C=O) groups excluding carboxylic acids is 1. The SMILES string of the molecule is CC1(C)CCCN(C(=O)C2C=C(C3CCCCC3)SC2)C1. The van der Waals surface area contributed by atoms with Gasteiger partial charge in [-0.3, -0.25) is 4.79 Å². The van der Waals surface area contributed by atoms with E-state index in [0.29, 0.717) is 11.3 Å². The Labute approximate surface area is 133 Å². The van der Waals surface area contributed by atoms with Gasteiger partial charge >= 0.3 is 0 Å². The lowest BCUT2D eigenvalue weighted by atomic mass is 9.83. The Hall–Kier alpha value is -0.440. The first kappa shape index (κ1) is 15.5. The summed E-state index contributed by atoms with van der Waals surface area (Å²) in [6.07, 6.45) is 11.6. The van der Waals surface area contributed by atoms with E-state index in [1.54, 1.807) is 0 Å². The highest BCUT2D eigenvalue weighted by molar-refractivity contribution is 8.03. The fourth-order valence-electron chi connectivity index (χ4n) is 4.11. The van der Waals surface area contributed by atoms with Crippen molar-refractivity contribution in [3.8, 4) is 0 Å². The largest absolute Gasteiger partial charge is 0.342 e. The molecule has 0 radical (unpaired) electrons. The predicted molar refractivity (Wildman–Crippen MR) is 90.2 cm³/mol. The molecule has 2 aliphatic heterocycles. The molecular weight excluding hydrogens is 278 g/mol. The second-order valence-corrected chi connectivity index (χ2v) is 8.94. The second kappa shape index (κ2) is 6.36. The molecule has 0 aromatic heterocycles. The first-order valence-electron chi connectivity index (χ1n) is 8.68. The highest BCUT2D eigenvalue weighted by atomic mass is 32.2. The zero-order valence-electron chi connectivity index (χ0n) is 13.6. The van der Waals surface area contributed by atoms with Crippen molar-refractivity contribution < 1.29 is 4.79 Å². The molecule has 0 spiro atoms. The van der Waals surface area contributed by atoms with E-state index in [2.05, 4.69) is 24.8 Å². The van der Waals surface area contributed by atoms with Gasteiger partial charge in [-0.2, -0.15) is 0 Å². The van der Waals surface area contributed by atoms with Crippen molar-refractivity contribution in [2.75, 3.05) is 18.8 Å². The van der Waals surface area contributed by atoms with E-state index in [0.717, 1.165) is 31.2 Å². The van der Waals surface area contributed by atoms with Crippen molar-refractivity contribution in [1.29, 1.82) is 0 Å². The summed E-state index contributed by atoms with van der Waals surface area (Å²) in [5.41, 5.74) is 0.301. The molecule has 2 nitrogen and oxygen atoms in total. The molecule has 1 aliphatic carbocycles. The molecule has 2 fully saturated rings. The van der Waals surface area contributed by atoms with Crippen LogP contribution in [0.15, 0.2) is 11.0 Å². The third kappa shape index (κ3) is 3.67. The van der Waals surface area contributed by atoms with Gasteiger partial charge in [0, 0.05) is 18.8 Å². The Morgan fingerprint density at radius 2 is 2.00 bits per heavy atom. The highest BCUT2D eigenvalue weighted by Crippen LogP contribution is 2.42. The molecule has 1 saturated carbocycles. The fraction of sp³-hybridized carbons (Fsp3) is 0.833. The number of amides is 1. The molecule has 1 saturated heterocycles. The lowest BCUT2D eigenvalue weighted by molar-refractivity contribution is -0.136. The molecule has 1 atom stereocenters. The van der Waals surface area contributed by atoms with Crippen molar-refractivity contribution in [2.24, 2.45) is 17.3 Å². The Kier molecular flexibility index (Phi) is 4.68. The molecule has 21 heavy (non-hydrogen) atoms. The zero-order valence-corrected chi connectivity index (χ0v) is 14.4. The van der Waals surface area contributed by atoms with E-state index >= 15 is 0 Å². The van der Waals surface area contributed by atoms with Gasteiger partial charge in [-0.15, -0.1) is 11.8 Å². The fourth-order valence-corrected chi connectivity index (χ4v) is 5.45. The molecule has 1 unspecified atom stereocenters. The van der Waals surface area contributed by atoms with Gasteiger partial charge in [0.1, 0.15) is 0 Å². The summed E-state index contributed by atoms with van der Waals surface area (Å²) >= 11 is 1.96. The monoisotopic (exact) mass is 307 g/mol. The normalized spacial score (nSPS) is 30.3. The topological polar surface area (TPSA) is 20.3 Å². The molecule has 3 aliphatic rings. The maximum Gasteiger partial charge on any atom is 0.230 e. The Balaban J connectivity index is 1.61. The lowest BCUT2D eigenvalue weighted by Gasteiger charge is -2.39. The van der Waals surface area contributed by atoms with Crippen LogP contribution in [0.5, 0.6) is 0 Å². The molecule has 3 rings (SSSR count). The smallest absolute Gasteiger partial charge is 0.230 e. The number of piperidine rings is 1. The van der Waals surface area contributed by atoms with Crippen LogP contribution in [0.4, 0.5) is 0 Å². The van der Waals surface area contributed by atoms with Gasteiger partial charge < -0.3 is 4.90 Å². The van der Waals surface area contributed by atoms with Crippen molar-refractivity contribution >= 4 is 17.7 Å². The van der Waals surface area contributed by atoms with Crippen LogP contribution < -0.4 is 0 Å².